The molecule has 0 heterocycles. The molecule has 0 aromatic carbocycles. The van der Waals surface area contributed by atoms with Crippen molar-refractivity contribution in [2.75, 3.05) is 81.9 Å². The average molecular weight is 613 g/mol. The summed E-state index contributed by atoms with van der Waals surface area (Å²) >= 11 is 0. The summed E-state index contributed by atoms with van der Waals surface area (Å²) < 4.78 is 32.4. The number of nitrogens with one attached hydrogen (secondary N) is 2. The molecule has 0 aliphatic heterocycles. The van der Waals surface area contributed by atoms with Crippen LogP contribution in [0, 0.1) is 0 Å². The van der Waals surface area contributed by atoms with Gasteiger partial charge in [0.2, 0.25) is 0 Å². The van der Waals surface area contributed by atoms with Crippen LogP contribution in [0.1, 0.15) is 89.9 Å². The summed E-state index contributed by atoms with van der Waals surface area (Å²) in [5.74, 6) is 0. The van der Waals surface area contributed by atoms with Crippen LogP contribution in [-0.2, 0) is 26.6 Å². The Morgan fingerprint density at radius 1 is 0.375 bits per heavy atom. The summed E-state index contributed by atoms with van der Waals surface area (Å²) in [7, 11) is 5.34. The van der Waals surface area contributed by atoms with E-state index in [1.165, 1.54) is 70.6 Å². The summed E-state index contributed by atoms with van der Waals surface area (Å²) in [5, 5.41) is 6.77. The zero-order chi connectivity index (χ0) is 30.2. The predicted octanol–water partition coefficient (Wildman–Crippen LogP) is 4.29. The lowest BCUT2D eigenvalue weighted by molar-refractivity contribution is 0.122. The fourth-order valence-electron chi connectivity index (χ4n) is 4.47. The molecule has 40 heavy (non-hydrogen) atoms. The topological polar surface area (TPSA) is 131 Å². The molecule has 0 aliphatic rings. The predicted molar refractivity (Wildman–Crippen MR) is 172 cm³/mol. The third-order valence-electron chi connectivity index (χ3n) is 7.17. The van der Waals surface area contributed by atoms with E-state index in [-0.39, 0.29) is 0 Å². The molecular formula is C28H68N4O6Si2. The molecule has 0 aromatic heterocycles. The molecule has 0 fully saturated rings. The van der Waals surface area contributed by atoms with Gasteiger partial charge in [0.25, 0.3) is 0 Å². The fourth-order valence-corrected chi connectivity index (χ4v) is 7.99. The zero-order valence-corrected chi connectivity index (χ0v) is 29.2. The minimum Gasteiger partial charge on any atom is -0.377 e. The van der Waals surface area contributed by atoms with E-state index in [9.17, 15) is 0 Å². The summed E-state index contributed by atoms with van der Waals surface area (Å²) in [6.07, 6.45) is 17.6. The van der Waals surface area contributed by atoms with Crippen LogP contribution in [-0.4, -0.2) is 99.5 Å². The van der Waals surface area contributed by atoms with Gasteiger partial charge in [0.05, 0.1) is 0 Å². The molecule has 0 radical (unpaired) electrons. The van der Waals surface area contributed by atoms with E-state index in [1.807, 2.05) is 0 Å². The quantitative estimate of drug-likeness (QED) is 0.0688. The second kappa shape index (κ2) is 32.0. The second-order valence-electron chi connectivity index (χ2n) is 10.1. The molecule has 0 spiro atoms. The van der Waals surface area contributed by atoms with Crippen molar-refractivity contribution in [2.24, 2.45) is 11.5 Å². The first-order chi connectivity index (χ1) is 19.5. The van der Waals surface area contributed by atoms with Crippen molar-refractivity contribution in [1.29, 1.82) is 0 Å². The molecule has 0 bridgehead atoms. The van der Waals surface area contributed by atoms with Crippen LogP contribution in [0.2, 0.25) is 12.1 Å². The average Bonchev–Trinajstić information content (AvgIpc) is 2.99. The van der Waals surface area contributed by atoms with Gasteiger partial charge in [-0.1, -0.05) is 57.8 Å². The highest BCUT2D eigenvalue weighted by Gasteiger charge is 2.37. The van der Waals surface area contributed by atoms with Crippen LogP contribution in [0.15, 0.2) is 0 Å². The Balaban J connectivity index is 0. The summed E-state index contributed by atoms with van der Waals surface area (Å²) in [6, 6.07) is 1.78. The fraction of sp³-hybridized carbons (Fsp3) is 1.00. The number of hydrogen-bond acceptors (Lipinski definition) is 10. The molecule has 0 saturated heterocycles. The van der Waals surface area contributed by atoms with E-state index >= 15 is 0 Å². The third-order valence-corrected chi connectivity index (χ3v) is 12.8. The lowest BCUT2D eigenvalue weighted by Crippen LogP contribution is -2.43. The van der Waals surface area contributed by atoms with Crippen molar-refractivity contribution >= 4 is 17.6 Å². The van der Waals surface area contributed by atoms with Gasteiger partial charge in [-0.2, -0.15) is 0 Å². The minimum absolute atomic E-state index is 0.739. The van der Waals surface area contributed by atoms with Crippen LogP contribution in [0.25, 0.3) is 0 Å². The molecule has 0 amide bonds. The number of nitrogens with two attached hydrogens (primary N) is 2. The maximum atomic E-state index is 5.44. The first-order valence-electron chi connectivity index (χ1n) is 15.6. The lowest BCUT2D eigenvalue weighted by Gasteiger charge is -2.24. The normalized spacial score (nSPS) is 12.0. The van der Waals surface area contributed by atoms with Gasteiger partial charge in [-0.3, -0.25) is 0 Å². The van der Waals surface area contributed by atoms with E-state index in [0.717, 1.165) is 70.6 Å². The van der Waals surface area contributed by atoms with E-state index < -0.39 is 17.6 Å². The van der Waals surface area contributed by atoms with Crippen molar-refractivity contribution < 1.29 is 26.6 Å². The highest BCUT2D eigenvalue weighted by atomic mass is 28.4. The van der Waals surface area contributed by atoms with Crippen molar-refractivity contribution in [3.05, 3.63) is 0 Å². The Morgan fingerprint density at radius 3 is 1.10 bits per heavy atom. The van der Waals surface area contributed by atoms with E-state index in [0.29, 0.717) is 0 Å². The van der Waals surface area contributed by atoms with Gasteiger partial charge in [-0.25, -0.2) is 0 Å². The summed E-state index contributed by atoms with van der Waals surface area (Å²) in [5.41, 5.74) is 10.9. The molecule has 0 aliphatic carbocycles. The Hall–Kier alpha value is 0.0338. The minimum atomic E-state index is -2.36. The SMILES string of the molecule is CO[Si](CCCCCCCCCCCNCCN)(OC)OC.CO[Si](CCCNCCCCCCN)(OC)OC. The Morgan fingerprint density at radius 2 is 0.700 bits per heavy atom. The highest BCUT2D eigenvalue weighted by Crippen LogP contribution is 2.18. The van der Waals surface area contributed by atoms with Gasteiger partial charge >= 0.3 is 17.6 Å². The van der Waals surface area contributed by atoms with Gasteiger partial charge in [0, 0.05) is 67.8 Å². The van der Waals surface area contributed by atoms with Crippen LogP contribution in [0.3, 0.4) is 0 Å². The maximum absolute atomic E-state index is 5.44. The van der Waals surface area contributed by atoms with Crippen molar-refractivity contribution in [1.82, 2.24) is 10.6 Å². The molecular weight excluding hydrogens is 545 g/mol. The molecule has 0 rings (SSSR count). The highest BCUT2D eigenvalue weighted by molar-refractivity contribution is 6.60. The van der Waals surface area contributed by atoms with Crippen LogP contribution in [0.4, 0.5) is 0 Å². The molecule has 0 atom stereocenters. The zero-order valence-electron chi connectivity index (χ0n) is 27.2. The Bertz CT molecular complexity index is 477. The van der Waals surface area contributed by atoms with Crippen molar-refractivity contribution in [2.45, 2.75) is 102 Å². The van der Waals surface area contributed by atoms with Gasteiger partial charge in [-0.15, -0.1) is 0 Å². The smallest absolute Gasteiger partial charge is 0.377 e. The summed E-state index contributed by atoms with van der Waals surface area (Å²) in [6.45, 7) is 5.67. The molecule has 12 heteroatoms. The maximum Gasteiger partial charge on any atom is 0.500 e. The van der Waals surface area contributed by atoms with E-state index in [4.69, 9.17) is 38.0 Å². The first-order valence-corrected chi connectivity index (χ1v) is 19.5. The lowest BCUT2D eigenvalue weighted by atomic mass is 10.1. The molecule has 244 valence electrons. The molecule has 0 aromatic rings. The third kappa shape index (κ3) is 24.6. The molecule has 10 nitrogen and oxygen atoms in total. The van der Waals surface area contributed by atoms with Crippen LogP contribution >= 0.6 is 0 Å². The molecule has 0 saturated carbocycles. The number of rotatable bonds is 30. The molecule has 6 N–H and O–H groups in total. The van der Waals surface area contributed by atoms with Crippen LogP contribution in [0.5, 0.6) is 0 Å². The van der Waals surface area contributed by atoms with Gasteiger partial charge in [0.1, 0.15) is 0 Å². The van der Waals surface area contributed by atoms with Crippen LogP contribution < -0.4 is 22.1 Å². The van der Waals surface area contributed by atoms with E-state index in [1.54, 1.807) is 42.7 Å². The standard InChI is InChI=1S/C16H38N2O3Si.C12H30N2O3Si/c1-19-22(20-2,21-3)16-12-10-8-6-4-5-7-9-11-14-18-15-13-17;1-15-18(16-2,17-3)12-8-11-14-10-7-5-4-6-9-13/h18H,4-17H2,1-3H3;14H,4-13H2,1-3H3. The number of hydrogen-bond donors (Lipinski definition) is 4. The second-order valence-corrected chi connectivity index (χ2v) is 16.3. The van der Waals surface area contributed by atoms with Gasteiger partial charge in [-0.05, 0) is 58.3 Å². The van der Waals surface area contributed by atoms with Gasteiger partial charge in [0.15, 0.2) is 0 Å². The molecule has 0 unspecified atom stereocenters. The Labute approximate surface area is 250 Å². The Kier molecular flexibility index (Phi) is 33.7. The van der Waals surface area contributed by atoms with Gasteiger partial charge < -0.3 is 48.7 Å². The van der Waals surface area contributed by atoms with Crippen molar-refractivity contribution in [3.8, 4) is 0 Å². The summed E-state index contributed by atoms with van der Waals surface area (Å²) in [4.78, 5) is 0. The monoisotopic (exact) mass is 612 g/mol. The van der Waals surface area contributed by atoms with Crippen molar-refractivity contribution in [3.63, 3.8) is 0 Å². The first kappa shape index (κ1) is 42.2. The number of unbranched alkanes of at least 4 members (excludes halogenated alkanes) is 11. The van der Waals surface area contributed by atoms with E-state index in [2.05, 4.69) is 10.6 Å². The largest absolute Gasteiger partial charge is 0.500 e.